The van der Waals surface area contributed by atoms with E-state index in [-0.39, 0.29) is 12.3 Å². The molecule has 0 aliphatic rings. The summed E-state index contributed by atoms with van der Waals surface area (Å²) >= 11 is 0. The fourth-order valence-corrected chi connectivity index (χ4v) is 2.11. The molecule has 0 aliphatic heterocycles. The Morgan fingerprint density at radius 1 is 1.24 bits per heavy atom. The second-order valence-corrected chi connectivity index (χ2v) is 4.88. The summed E-state index contributed by atoms with van der Waals surface area (Å²) in [5, 5.41) is 11.5. The highest BCUT2D eigenvalue weighted by Crippen LogP contribution is 2.17. The topological polar surface area (TPSA) is 79.5 Å². The average molecular weight is 287 g/mol. The Hall–Kier alpha value is -2.56. The maximum atomic E-state index is 12.2. The first-order valence-electron chi connectivity index (χ1n) is 6.65. The van der Waals surface area contributed by atoms with Crippen LogP contribution in [-0.4, -0.2) is 17.0 Å². The molecule has 2 rings (SSSR count). The van der Waals surface area contributed by atoms with Crippen LogP contribution in [0.3, 0.4) is 0 Å². The number of carboxylic acid groups (broad SMARTS) is 1. The Morgan fingerprint density at radius 2 is 2.00 bits per heavy atom. The Morgan fingerprint density at radius 3 is 2.62 bits per heavy atom. The van der Waals surface area contributed by atoms with E-state index in [2.05, 4.69) is 5.32 Å². The van der Waals surface area contributed by atoms with Crippen LogP contribution in [0.1, 0.15) is 33.9 Å². The van der Waals surface area contributed by atoms with Gasteiger partial charge in [-0.3, -0.25) is 9.59 Å². The number of amides is 1. The molecule has 21 heavy (non-hydrogen) atoms. The highest BCUT2D eigenvalue weighted by Gasteiger charge is 2.13. The zero-order chi connectivity index (χ0) is 15.4. The summed E-state index contributed by atoms with van der Waals surface area (Å²) in [4.78, 5) is 22.7. The number of anilines is 1. The lowest BCUT2D eigenvalue weighted by molar-refractivity contribution is -0.136. The van der Waals surface area contributed by atoms with Gasteiger partial charge in [-0.1, -0.05) is 12.1 Å². The maximum absolute atomic E-state index is 12.2. The molecule has 1 heterocycles. The minimum Gasteiger partial charge on any atom is -0.481 e. The molecule has 0 unspecified atom stereocenters. The highest BCUT2D eigenvalue weighted by atomic mass is 16.4. The normalized spacial score (nSPS) is 10.4. The van der Waals surface area contributed by atoms with E-state index < -0.39 is 5.97 Å². The number of aliphatic carboxylic acids is 1. The van der Waals surface area contributed by atoms with E-state index in [4.69, 9.17) is 9.52 Å². The van der Waals surface area contributed by atoms with Gasteiger partial charge < -0.3 is 14.8 Å². The summed E-state index contributed by atoms with van der Waals surface area (Å²) in [6.45, 7) is 3.53. The number of carbonyl (C=O) groups is 2. The average Bonchev–Trinajstić information content (AvgIpc) is 2.76. The van der Waals surface area contributed by atoms with E-state index in [1.807, 2.05) is 6.07 Å². The summed E-state index contributed by atoms with van der Waals surface area (Å²) in [5.74, 6) is 0.188. The number of rotatable bonds is 5. The molecule has 1 amide bonds. The molecule has 0 spiro atoms. The molecular weight excluding hydrogens is 270 g/mol. The lowest BCUT2D eigenvalue weighted by atomic mass is 10.1. The molecule has 0 saturated carbocycles. The van der Waals surface area contributed by atoms with Crippen LogP contribution in [0.5, 0.6) is 0 Å². The largest absolute Gasteiger partial charge is 0.481 e. The Bertz CT molecular complexity index is 673. The molecule has 0 fully saturated rings. The van der Waals surface area contributed by atoms with Crippen molar-refractivity contribution in [3.8, 4) is 0 Å². The van der Waals surface area contributed by atoms with Gasteiger partial charge in [-0.25, -0.2) is 0 Å². The van der Waals surface area contributed by atoms with Gasteiger partial charge in [-0.2, -0.15) is 0 Å². The van der Waals surface area contributed by atoms with Gasteiger partial charge in [-0.05, 0) is 44.0 Å². The molecule has 0 aliphatic carbocycles. The smallest absolute Gasteiger partial charge is 0.303 e. The lowest BCUT2D eigenvalue weighted by Crippen LogP contribution is -2.12. The zero-order valence-electron chi connectivity index (χ0n) is 12.0. The van der Waals surface area contributed by atoms with Crippen LogP contribution in [0.15, 0.2) is 34.7 Å². The van der Waals surface area contributed by atoms with Crippen LogP contribution in [0, 0.1) is 13.8 Å². The number of aryl methyl sites for hydroxylation is 3. The van der Waals surface area contributed by atoms with Crippen molar-refractivity contribution in [3.63, 3.8) is 0 Å². The molecule has 1 aromatic carbocycles. The second-order valence-electron chi connectivity index (χ2n) is 4.88. The molecule has 0 atom stereocenters. The maximum Gasteiger partial charge on any atom is 0.303 e. The zero-order valence-corrected chi connectivity index (χ0v) is 12.0. The van der Waals surface area contributed by atoms with Crippen molar-refractivity contribution in [2.45, 2.75) is 26.7 Å². The summed E-state index contributed by atoms with van der Waals surface area (Å²) in [7, 11) is 0. The van der Waals surface area contributed by atoms with Gasteiger partial charge in [0.15, 0.2) is 0 Å². The molecule has 1 aromatic heterocycles. The van der Waals surface area contributed by atoms with Crippen LogP contribution >= 0.6 is 0 Å². The fraction of sp³-hybridized carbons (Fsp3) is 0.250. The Kier molecular flexibility index (Phi) is 4.42. The number of nitrogens with one attached hydrogen (secondary N) is 1. The van der Waals surface area contributed by atoms with Gasteiger partial charge in [0.05, 0.1) is 5.56 Å². The van der Waals surface area contributed by atoms with E-state index in [1.165, 1.54) is 0 Å². The van der Waals surface area contributed by atoms with E-state index >= 15 is 0 Å². The standard InChI is InChI=1S/C16H17NO4/c1-10-8-14(11(2)21-10)16(20)17-13-5-3-4-12(9-13)6-7-15(18)19/h3-5,8-9H,6-7H2,1-2H3,(H,17,20)(H,18,19). The molecule has 2 aromatic rings. The minimum absolute atomic E-state index is 0.0669. The molecule has 0 saturated heterocycles. The van der Waals surface area contributed by atoms with Crippen molar-refractivity contribution in [2.24, 2.45) is 0 Å². The van der Waals surface area contributed by atoms with Crippen LogP contribution in [0.4, 0.5) is 5.69 Å². The van der Waals surface area contributed by atoms with Crippen molar-refractivity contribution in [2.75, 3.05) is 5.32 Å². The summed E-state index contributed by atoms with van der Waals surface area (Å²) in [6.07, 6.45) is 0.500. The lowest BCUT2D eigenvalue weighted by Gasteiger charge is -2.06. The number of benzene rings is 1. The number of carboxylic acids is 1. The van der Waals surface area contributed by atoms with Gasteiger partial charge in [-0.15, -0.1) is 0 Å². The summed E-state index contributed by atoms with van der Waals surface area (Å²) in [6, 6.07) is 8.87. The fourth-order valence-electron chi connectivity index (χ4n) is 2.11. The summed E-state index contributed by atoms with van der Waals surface area (Å²) in [5.41, 5.74) is 2.01. The number of hydrogen-bond donors (Lipinski definition) is 2. The highest BCUT2D eigenvalue weighted by molar-refractivity contribution is 6.05. The van der Waals surface area contributed by atoms with Crippen LogP contribution in [0.25, 0.3) is 0 Å². The number of furan rings is 1. The van der Waals surface area contributed by atoms with E-state index in [9.17, 15) is 9.59 Å². The second kappa shape index (κ2) is 6.26. The monoisotopic (exact) mass is 287 g/mol. The SMILES string of the molecule is Cc1cc(C(=O)Nc2cccc(CCC(=O)O)c2)c(C)o1. The van der Waals surface area contributed by atoms with Gasteiger partial charge >= 0.3 is 5.97 Å². The predicted octanol–water partition coefficient (Wildman–Crippen LogP) is 3.17. The third-order valence-corrected chi connectivity index (χ3v) is 3.10. The van der Waals surface area contributed by atoms with Crippen molar-refractivity contribution in [3.05, 3.63) is 53.0 Å². The first kappa shape index (κ1) is 14.8. The summed E-state index contributed by atoms with van der Waals surface area (Å²) < 4.78 is 5.34. The first-order valence-corrected chi connectivity index (χ1v) is 6.65. The van der Waals surface area contributed by atoms with Crippen LogP contribution in [0.2, 0.25) is 0 Å². The van der Waals surface area contributed by atoms with Gasteiger partial charge in [0.1, 0.15) is 11.5 Å². The molecule has 5 heteroatoms. The van der Waals surface area contributed by atoms with Crippen molar-refractivity contribution in [1.29, 1.82) is 0 Å². The van der Waals surface area contributed by atoms with Crippen LogP contribution in [-0.2, 0) is 11.2 Å². The van der Waals surface area contributed by atoms with E-state index in [0.29, 0.717) is 29.2 Å². The molecule has 110 valence electrons. The van der Waals surface area contributed by atoms with Gasteiger partial charge in [0.25, 0.3) is 5.91 Å². The van der Waals surface area contributed by atoms with Crippen molar-refractivity contribution in [1.82, 2.24) is 0 Å². The van der Waals surface area contributed by atoms with Crippen LogP contribution < -0.4 is 5.32 Å². The molecule has 0 bridgehead atoms. The third kappa shape index (κ3) is 3.95. The Balaban J connectivity index is 2.09. The Labute approximate surface area is 122 Å². The van der Waals surface area contributed by atoms with Crippen molar-refractivity contribution < 1.29 is 19.1 Å². The molecule has 5 nitrogen and oxygen atoms in total. The number of carbonyl (C=O) groups excluding carboxylic acids is 1. The molecular formula is C16H17NO4. The first-order chi connectivity index (χ1) is 9.95. The van der Waals surface area contributed by atoms with Gasteiger partial charge in [0, 0.05) is 12.1 Å². The predicted molar refractivity (Wildman–Crippen MR) is 78.5 cm³/mol. The van der Waals surface area contributed by atoms with Crippen molar-refractivity contribution >= 4 is 17.6 Å². The third-order valence-electron chi connectivity index (χ3n) is 3.10. The minimum atomic E-state index is -0.839. The van der Waals surface area contributed by atoms with E-state index in [0.717, 1.165) is 5.56 Å². The quantitative estimate of drug-likeness (QED) is 0.885. The van der Waals surface area contributed by atoms with Gasteiger partial charge in [0.2, 0.25) is 0 Å². The molecule has 0 radical (unpaired) electrons. The van der Waals surface area contributed by atoms with E-state index in [1.54, 1.807) is 38.1 Å². The molecule has 2 N–H and O–H groups in total. The number of hydrogen-bond acceptors (Lipinski definition) is 3.